The fourth-order valence-electron chi connectivity index (χ4n) is 1.41. The van der Waals surface area contributed by atoms with E-state index in [4.69, 9.17) is 11.6 Å². The minimum atomic E-state index is -0.430. The molecule has 0 aliphatic heterocycles. The fraction of sp³-hybridized carbons (Fsp3) is 0. The normalized spacial score (nSPS) is 10.1. The lowest BCUT2D eigenvalue weighted by Crippen LogP contribution is -1.94. The van der Waals surface area contributed by atoms with Gasteiger partial charge in [-0.3, -0.25) is 4.79 Å². The predicted octanol–water partition coefficient (Wildman–Crippen LogP) is 3.35. The van der Waals surface area contributed by atoms with Crippen LogP contribution >= 0.6 is 11.6 Å². The molecule has 16 heavy (non-hydrogen) atoms. The molecule has 2 rings (SSSR count). The first kappa shape index (κ1) is 10.8. The summed E-state index contributed by atoms with van der Waals surface area (Å²) >= 11 is 5.73. The van der Waals surface area contributed by atoms with Crippen molar-refractivity contribution >= 4 is 17.9 Å². The Bertz CT molecular complexity index is 542. The van der Waals surface area contributed by atoms with Gasteiger partial charge in [0, 0.05) is 11.1 Å². The molecule has 0 N–H and O–H groups in total. The molecule has 80 valence electrons. The van der Waals surface area contributed by atoms with Crippen LogP contribution in [0.25, 0.3) is 11.3 Å². The van der Waals surface area contributed by atoms with Gasteiger partial charge in [-0.05, 0) is 24.3 Å². The van der Waals surface area contributed by atoms with Crippen LogP contribution in [0, 0.1) is 5.82 Å². The molecule has 0 aliphatic carbocycles. The van der Waals surface area contributed by atoms with Gasteiger partial charge >= 0.3 is 0 Å². The van der Waals surface area contributed by atoms with E-state index in [-0.39, 0.29) is 16.4 Å². The number of pyridine rings is 1. The average Bonchev–Trinajstić information content (AvgIpc) is 2.29. The van der Waals surface area contributed by atoms with E-state index in [0.717, 1.165) is 0 Å². The van der Waals surface area contributed by atoms with Crippen molar-refractivity contribution in [2.75, 3.05) is 0 Å². The summed E-state index contributed by atoms with van der Waals surface area (Å²) in [5, 5.41) is 0.226. The van der Waals surface area contributed by atoms with Gasteiger partial charge in [-0.2, -0.15) is 0 Å². The van der Waals surface area contributed by atoms with Gasteiger partial charge in [-0.25, -0.2) is 9.37 Å². The molecule has 0 bridgehead atoms. The zero-order chi connectivity index (χ0) is 11.5. The molecule has 0 saturated heterocycles. The van der Waals surface area contributed by atoms with Crippen LogP contribution in [0.4, 0.5) is 4.39 Å². The maximum absolute atomic E-state index is 13.5. The summed E-state index contributed by atoms with van der Waals surface area (Å²) in [5.74, 6) is -0.430. The molecule has 4 heteroatoms. The minimum absolute atomic E-state index is 0.226. The average molecular weight is 236 g/mol. The largest absolute Gasteiger partial charge is 0.298 e. The van der Waals surface area contributed by atoms with Crippen LogP contribution in [0.3, 0.4) is 0 Å². The molecule has 1 aromatic heterocycles. The first-order valence-corrected chi connectivity index (χ1v) is 4.97. The van der Waals surface area contributed by atoms with E-state index in [2.05, 4.69) is 4.98 Å². The van der Waals surface area contributed by atoms with E-state index in [0.29, 0.717) is 11.8 Å². The maximum atomic E-state index is 13.5. The number of benzene rings is 1. The summed E-state index contributed by atoms with van der Waals surface area (Å²) in [6.45, 7) is 0. The molecule has 0 amide bonds. The smallest absolute Gasteiger partial charge is 0.152 e. The van der Waals surface area contributed by atoms with Crippen LogP contribution in [0.2, 0.25) is 5.15 Å². The van der Waals surface area contributed by atoms with E-state index in [9.17, 15) is 9.18 Å². The highest BCUT2D eigenvalue weighted by Gasteiger charge is 2.10. The number of nitrogens with zero attached hydrogens (tertiary/aromatic N) is 1. The molecule has 1 aromatic carbocycles. The molecule has 2 aromatic rings. The lowest BCUT2D eigenvalue weighted by Gasteiger charge is -2.05. The molecule has 0 radical (unpaired) electrons. The highest BCUT2D eigenvalue weighted by atomic mass is 35.5. The number of carbonyl (C=O) groups is 1. The van der Waals surface area contributed by atoms with Crippen molar-refractivity contribution in [2.45, 2.75) is 0 Å². The van der Waals surface area contributed by atoms with E-state index in [1.807, 2.05) is 0 Å². The van der Waals surface area contributed by atoms with Gasteiger partial charge in [-0.15, -0.1) is 0 Å². The van der Waals surface area contributed by atoms with Crippen LogP contribution < -0.4 is 0 Å². The second kappa shape index (κ2) is 4.41. The molecule has 0 saturated carbocycles. The second-order valence-electron chi connectivity index (χ2n) is 3.17. The molecule has 2 nitrogen and oxygen atoms in total. The van der Waals surface area contributed by atoms with Gasteiger partial charge in [0.15, 0.2) is 6.29 Å². The number of rotatable bonds is 2. The van der Waals surface area contributed by atoms with E-state index < -0.39 is 5.82 Å². The third-order valence-electron chi connectivity index (χ3n) is 2.15. The maximum Gasteiger partial charge on any atom is 0.152 e. The summed E-state index contributed by atoms with van der Waals surface area (Å²) in [7, 11) is 0. The number of aromatic nitrogens is 1. The summed E-state index contributed by atoms with van der Waals surface area (Å²) < 4.78 is 13.5. The Balaban J connectivity index is 2.67. The number of aldehydes is 1. The summed E-state index contributed by atoms with van der Waals surface area (Å²) in [4.78, 5) is 14.8. The zero-order valence-electron chi connectivity index (χ0n) is 8.15. The van der Waals surface area contributed by atoms with E-state index >= 15 is 0 Å². The van der Waals surface area contributed by atoms with Crippen LogP contribution in [0.1, 0.15) is 10.4 Å². The highest BCUT2D eigenvalue weighted by Crippen LogP contribution is 2.24. The van der Waals surface area contributed by atoms with E-state index in [1.54, 1.807) is 18.2 Å². The monoisotopic (exact) mass is 235 g/mol. The molecule has 0 spiro atoms. The highest BCUT2D eigenvalue weighted by molar-refractivity contribution is 6.29. The molecule has 1 heterocycles. The van der Waals surface area contributed by atoms with Gasteiger partial charge in [0.05, 0.1) is 5.69 Å². The number of halogens is 2. The van der Waals surface area contributed by atoms with Gasteiger partial charge in [0.25, 0.3) is 0 Å². The summed E-state index contributed by atoms with van der Waals surface area (Å²) in [6, 6.07) is 9.13. The molecular formula is C12H7ClFNO. The Morgan fingerprint density at radius 2 is 1.94 bits per heavy atom. The minimum Gasteiger partial charge on any atom is -0.298 e. The Morgan fingerprint density at radius 3 is 2.62 bits per heavy atom. The Hall–Kier alpha value is -1.74. The van der Waals surface area contributed by atoms with Crippen molar-refractivity contribution in [1.82, 2.24) is 4.98 Å². The van der Waals surface area contributed by atoms with Crippen molar-refractivity contribution < 1.29 is 9.18 Å². The van der Waals surface area contributed by atoms with Crippen LogP contribution in [-0.2, 0) is 0 Å². The van der Waals surface area contributed by atoms with Crippen LogP contribution in [-0.4, -0.2) is 11.3 Å². The second-order valence-corrected chi connectivity index (χ2v) is 3.56. The van der Waals surface area contributed by atoms with Crippen molar-refractivity contribution in [1.29, 1.82) is 0 Å². The van der Waals surface area contributed by atoms with Crippen molar-refractivity contribution in [3.05, 3.63) is 52.9 Å². The summed E-state index contributed by atoms with van der Waals surface area (Å²) in [5.41, 5.74) is 0.849. The van der Waals surface area contributed by atoms with Crippen molar-refractivity contribution in [2.24, 2.45) is 0 Å². The number of hydrogen-bond donors (Lipinski definition) is 0. The number of carbonyl (C=O) groups excluding carboxylic acids is 1. The summed E-state index contributed by atoms with van der Waals surface area (Å²) in [6.07, 6.45) is 0.630. The lowest BCUT2D eigenvalue weighted by molar-refractivity contribution is 0.112. The quantitative estimate of drug-likeness (QED) is 0.590. The molecular weight excluding hydrogens is 229 g/mol. The Morgan fingerprint density at radius 1 is 1.19 bits per heavy atom. The SMILES string of the molecule is O=Cc1ccc(Cl)nc1-c1ccccc1F. The topological polar surface area (TPSA) is 30.0 Å². The molecule has 0 unspecified atom stereocenters. The van der Waals surface area contributed by atoms with E-state index in [1.165, 1.54) is 18.2 Å². The zero-order valence-corrected chi connectivity index (χ0v) is 8.91. The predicted molar refractivity (Wildman–Crippen MR) is 60.0 cm³/mol. The third-order valence-corrected chi connectivity index (χ3v) is 2.36. The fourth-order valence-corrected chi connectivity index (χ4v) is 1.56. The third kappa shape index (κ3) is 1.95. The standard InChI is InChI=1S/C12H7ClFNO/c13-11-6-5-8(7-16)12(15-11)9-3-1-2-4-10(9)14/h1-7H. The number of hydrogen-bond acceptors (Lipinski definition) is 2. The Labute approximate surface area is 96.7 Å². The molecule has 0 atom stereocenters. The Kier molecular flexibility index (Phi) is 2.97. The van der Waals surface area contributed by atoms with Crippen molar-refractivity contribution in [3.63, 3.8) is 0 Å². The molecule has 0 aliphatic rings. The first-order chi connectivity index (χ1) is 7.72. The van der Waals surface area contributed by atoms with Crippen LogP contribution in [0.15, 0.2) is 36.4 Å². The van der Waals surface area contributed by atoms with Gasteiger partial charge in [-0.1, -0.05) is 23.7 Å². The first-order valence-electron chi connectivity index (χ1n) is 4.59. The van der Waals surface area contributed by atoms with Gasteiger partial charge in [0.2, 0.25) is 0 Å². The van der Waals surface area contributed by atoms with Gasteiger partial charge in [0.1, 0.15) is 11.0 Å². The van der Waals surface area contributed by atoms with Crippen molar-refractivity contribution in [3.8, 4) is 11.3 Å². The van der Waals surface area contributed by atoms with Gasteiger partial charge < -0.3 is 0 Å². The molecule has 0 fully saturated rings. The van der Waals surface area contributed by atoms with Crippen LogP contribution in [0.5, 0.6) is 0 Å². The lowest BCUT2D eigenvalue weighted by atomic mass is 10.1.